The van der Waals surface area contributed by atoms with Gasteiger partial charge in [-0.2, -0.15) is 0 Å². The van der Waals surface area contributed by atoms with Crippen molar-refractivity contribution < 1.29 is 17.9 Å². The molecule has 0 spiro atoms. The number of esters is 1. The van der Waals surface area contributed by atoms with Gasteiger partial charge in [0.1, 0.15) is 0 Å². The van der Waals surface area contributed by atoms with Gasteiger partial charge in [-0.05, 0) is 50.3 Å². The number of hydrogen-bond donors (Lipinski definition) is 1. The van der Waals surface area contributed by atoms with E-state index < -0.39 is 16.0 Å². The van der Waals surface area contributed by atoms with Gasteiger partial charge < -0.3 is 9.64 Å². The molecule has 0 fully saturated rings. The minimum Gasteiger partial charge on any atom is -0.465 e. The van der Waals surface area contributed by atoms with Crippen molar-refractivity contribution >= 4 is 21.7 Å². The molecule has 0 bridgehead atoms. The predicted molar refractivity (Wildman–Crippen MR) is 103 cm³/mol. The van der Waals surface area contributed by atoms with Crippen LogP contribution in [-0.2, 0) is 27.1 Å². The Morgan fingerprint density at radius 1 is 1.15 bits per heavy atom. The number of methoxy groups -OCH3 is 1. The lowest BCUT2D eigenvalue weighted by Crippen LogP contribution is -2.18. The first-order valence-corrected chi connectivity index (χ1v) is 9.77. The van der Waals surface area contributed by atoms with Crippen LogP contribution in [0.3, 0.4) is 0 Å². The Hall–Kier alpha value is -2.38. The van der Waals surface area contributed by atoms with Crippen molar-refractivity contribution in [2.75, 3.05) is 25.9 Å². The molecule has 2 aromatic rings. The molecule has 0 saturated carbocycles. The van der Waals surface area contributed by atoms with Gasteiger partial charge in [-0.25, -0.2) is 13.2 Å². The van der Waals surface area contributed by atoms with E-state index in [-0.39, 0.29) is 5.75 Å². The van der Waals surface area contributed by atoms with Crippen LogP contribution in [0.5, 0.6) is 0 Å². The summed E-state index contributed by atoms with van der Waals surface area (Å²) in [5.74, 6) is -0.725. The molecule has 2 rings (SSSR count). The Morgan fingerprint density at radius 2 is 1.88 bits per heavy atom. The molecule has 0 radical (unpaired) electrons. The van der Waals surface area contributed by atoms with Gasteiger partial charge >= 0.3 is 5.97 Å². The zero-order chi connectivity index (χ0) is 19.3. The SMILES string of the molecule is COC(=O)c1cccc(CS(=O)(=O)Nc2ccc(C)cc2CN(C)C)c1. The first-order chi connectivity index (χ1) is 12.2. The molecule has 1 N–H and O–H groups in total. The van der Waals surface area contributed by atoms with E-state index in [0.29, 0.717) is 23.4 Å². The normalized spacial score (nSPS) is 11.4. The first kappa shape index (κ1) is 19.9. The summed E-state index contributed by atoms with van der Waals surface area (Å²) < 4.78 is 32.5. The lowest BCUT2D eigenvalue weighted by molar-refractivity contribution is 0.0600. The quantitative estimate of drug-likeness (QED) is 0.752. The van der Waals surface area contributed by atoms with Gasteiger partial charge in [-0.15, -0.1) is 0 Å². The van der Waals surface area contributed by atoms with Crippen LogP contribution in [0.4, 0.5) is 5.69 Å². The standard InChI is InChI=1S/C19H24N2O4S/c1-14-8-9-18(17(10-14)12-21(2)3)20-26(23,24)13-15-6-5-7-16(11-15)19(22)25-4/h5-11,20H,12-13H2,1-4H3. The summed E-state index contributed by atoms with van der Waals surface area (Å²) >= 11 is 0. The summed E-state index contributed by atoms with van der Waals surface area (Å²) in [4.78, 5) is 13.6. The maximum atomic E-state index is 12.6. The molecule has 26 heavy (non-hydrogen) atoms. The smallest absolute Gasteiger partial charge is 0.337 e. The van der Waals surface area contributed by atoms with Gasteiger partial charge in [0.25, 0.3) is 0 Å². The highest BCUT2D eigenvalue weighted by atomic mass is 32.2. The van der Waals surface area contributed by atoms with Gasteiger partial charge in [0, 0.05) is 6.54 Å². The van der Waals surface area contributed by atoms with Crippen molar-refractivity contribution in [3.63, 3.8) is 0 Å². The van der Waals surface area contributed by atoms with E-state index in [9.17, 15) is 13.2 Å². The minimum atomic E-state index is -3.63. The summed E-state index contributed by atoms with van der Waals surface area (Å²) in [5, 5.41) is 0. The van der Waals surface area contributed by atoms with Crippen molar-refractivity contribution in [2.45, 2.75) is 19.2 Å². The number of nitrogens with one attached hydrogen (secondary N) is 1. The van der Waals surface area contributed by atoms with Crippen LogP contribution in [-0.4, -0.2) is 40.5 Å². The lowest BCUT2D eigenvalue weighted by Gasteiger charge is -2.16. The van der Waals surface area contributed by atoms with Gasteiger partial charge in [0.15, 0.2) is 0 Å². The number of rotatable bonds is 7. The fourth-order valence-electron chi connectivity index (χ4n) is 2.62. The van der Waals surface area contributed by atoms with Crippen LogP contribution < -0.4 is 4.72 Å². The van der Waals surface area contributed by atoms with E-state index in [4.69, 9.17) is 0 Å². The third kappa shape index (κ3) is 5.57. The Bertz CT molecular complexity index is 892. The highest BCUT2D eigenvalue weighted by Crippen LogP contribution is 2.21. The van der Waals surface area contributed by atoms with E-state index in [0.717, 1.165) is 11.1 Å². The molecule has 0 amide bonds. The molecule has 0 aliphatic rings. The molecule has 0 saturated heterocycles. The van der Waals surface area contributed by atoms with Crippen LogP contribution in [0.2, 0.25) is 0 Å². The van der Waals surface area contributed by atoms with Crippen LogP contribution in [0, 0.1) is 6.92 Å². The second kappa shape index (κ2) is 8.33. The number of sulfonamides is 1. The van der Waals surface area contributed by atoms with Crippen LogP contribution in [0.1, 0.15) is 27.0 Å². The van der Waals surface area contributed by atoms with Crippen molar-refractivity contribution in [2.24, 2.45) is 0 Å². The first-order valence-electron chi connectivity index (χ1n) is 8.12. The Labute approximate surface area is 154 Å². The van der Waals surface area contributed by atoms with Crippen LogP contribution >= 0.6 is 0 Å². The second-order valence-corrected chi connectivity index (χ2v) is 8.17. The van der Waals surface area contributed by atoms with Crippen molar-refractivity contribution in [1.29, 1.82) is 0 Å². The average Bonchev–Trinajstić information content (AvgIpc) is 2.55. The summed E-state index contributed by atoms with van der Waals surface area (Å²) in [6, 6.07) is 12.0. The van der Waals surface area contributed by atoms with E-state index in [2.05, 4.69) is 9.46 Å². The topological polar surface area (TPSA) is 75.7 Å². The molecule has 0 heterocycles. The predicted octanol–water partition coefficient (Wildman–Crippen LogP) is 2.79. The monoisotopic (exact) mass is 376 g/mol. The molecule has 140 valence electrons. The van der Waals surface area contributed by atoms with Gasteiger partial charge in [0.05, 0.1) is 24.1 Å². The molecule has 0 aliphatic carbocycles. The molecule has 0 atom stereocenters. The number of carbonyl (C=O) groups is 1. The summed E-state index contributed by atoms with van der Waals surface area (Å²) in [5.41, 5.74) is 3.37. The largest absolute Gasteiger partial charge is 0.465 e. The number of carbonyl (C=O) groups excluding carboxylic acids is 1. The fraction of sp³-hybridized carbons (Fsp3) is 0.316. The van der Waals surface area contributed by atoms with Crippen molar-refractivity contribution in [1.82, 2.24) is 4.90 Å². The van der Waals surface area contributed by atoms with E-state index in [1.165, 1.54) is 13.2 Å². The van der Waals surface area contributed by atoms with E-state index in [1.807, 2.05) is 38.1 Å². The number of anilines is 1. The van der Waals surface area contributed by atoms with Gasteiger partial charge in [-0.1, -0.05) is 29.8 Å². The molecular formula is C19H24N2O4S. The zero-order valence-electron chi connectivity index (χ0n) is 15.4. The van der Waals surface area contributed by atoms with Gasteiger partial charge in [-0.3, -0.25) is 4.72 Å². The van der Waals surface area contributed by atoms with Crippen LogP contribution in [0.15, 0.2) is 42.5 Å². The van der Waals surface area contributed by atoms with Crippen molar-refractivity contribution in [3.8, 4) is 0 Å². The highest BCUT2D eigenvalue weighted by Gasteiger charge is 2.16. The second-order valence-electron chi connectivity index (χ2n) is 6.45. The Morgan fingerprint density at radius 3 is 2.54 bits per heavy atom. The Balaban J connectivity index is 2.23. The average molecular weight is 376 g/mol. The lowest BCUT2D eigenvalue weighted by atomic mass is 10.1. The number of aryl methyl sites for hydroxylation is 1. The number of benzene rings is 2. The number of ether oxygens (including phenoxy) is 1. The van der Waals surface area contributed by atoms with Crippen LogP contribution in [0.25, 0.3) is 0 Å². The van der Waals surface area contributed by atoms with Gasteiger partial charge in [0.2, 0.25) is 10.0 Å². The molecule has 6 nitrogen and oxygen atoms in total. The maximum absolute atomic E-state index is 12.6. The number of hydrogen-bond acceptors (Lipinski definition) is 5. The number of nitrogens with zero attached hydrogens (tertiary/aromatic N) is 1. The fourth-order valence-corrected chi connectivity index (χ4v) is 3.85. The summed E-state index contributed by atoms with van der Waals surface area (Å²) in [6.07, 6.45) is 0. The molecule has 0 aliphatic heterocycles. The molecule has 2 aromatic carbocycles. The van der Waals surface area contributed by atoms with Crippen molar-refractivity contribution in [3.05, 3.63) is 64.7 Å². The highest BCUT2D eigenvalue weighted by molar-refractivity contribution is 7.91. The summed E-state index contributed by atoms with van der Waals surface area (Å²) in [7, 11) is 1.52. The maximum Gasteiger partial charge on any atom is 0.337 e. The Kier molecular flexibility index (Phi) is 6.39. The van der Waals surface area contributed by atoms with E-state index >= 15 is 0 Å². The minimum absolute atomic E-state index is 0.229. The molecule has 7 heteroatoms. The third-order valence-electron chi connectivity index (χ3n) is 3.72. The molecular weight excluding hydrogens is 352 g/mol. The summed E-state index contributed by atoms with van der Waals surface area (Å²) in [6.45, 7) is 2.59. The molecule has 0 aromatic heterocycles. The molecule has 0 unspecified atom stereocenters. The van der Waals surface area contributed by atoms with E-state index in [1.54, 1.807) is 24.3 Å². The third-order valence-corrected chi connectivity index (χ3v) is 4.96. The zero-order valence-corrected chi connectivity index (χ0v) is 16.3.